The highest BCUT2D eigenvalue weighted by atomic mass is 16.5. The maximum absolute atomic E-state index is 6.02. The maximum Gasteiger partial charge on any atom is 0.119 e. The Labute approximate surface area is 165 Å². The molecule has 1 nitrogen and oxygen atoms in total. The van der Waals surface area contributed by atoms with Gasteiger partial charge in [-0.15, -0.1) is 0 Å². The fourth-order valence-corrected chi connectivity index (χ4v) is 3.84. The molecule has 0 aromatic heterocycles. The van der Waals surface area contributed by atoms with E-state index in [0.29, 0.717) is 0 Å². The number of rotatable bonds is 6. The third-order valence-electron chi connectivity index (χ3n) is 5.73. The van der Waals surface area contributed by atoms with Crippen molar-refractivity contribution in [3.63, 3.8) is 0 Å². The molecular weight excluding hydrogens is 328 g/mol. The molecule has 2 aromatic rings. The van der Waals surface area contributed by atoms with E-state index in [0.717, 1.165) is 41.7 Å². The highest BCUT2D eigenvalue weighted by molar-refractivity contribution is 5.44. The highest BCUT2D eigenvalue weighted by Crippen LogP contribution is 2.31. The predicted molar refractivity (Wildman–Crippen MR) is 114 cm³/mol. The van der Waals surface area contributed by atoms with Gasteiger partial charge in [0.2, 0.25) is 0 Å². The molecule has 0 atom stereocenters. The minimum atomic E-state index is 0.725. The van der Waals surface area contributed by atoms with Gasteiger partial charge in [0.25, 0.3) is 0 Å². The second-order valence-corrected chi connectivity index (χ2v) is 7.83. The van der Waals surface area contributed by atoms with Crippen LogP contribution >= 0.6 is 0 Å². The normalized spacial score (nSPS) is 19.2. The van der Waals surface area contributed by atoms with Crippen LogP contribution in [0.5, 0.6) is 5.75 Å². The first-order valence-electron chi connectivity index (χ1n) is 10.6. The van der Waals surface area contributed by atoms with E-state index in [9.17, 15) is 0 Å². The van der Waals surface area contributed by atoms with Gasteiger partial charge in [0.1, 0.15) is 5.75 Å². The average molecular weight is 361 g/mol. The zero-order chi connectivity index (χ0) is 18.9. The van der Waals surface area contributed by atoms with Crippen molar-refractivity contribution in [3.05, 3.63) is 65.2 Å². The van der Waals surface area contributed by atoms with Crippen LogP contribution in [-0.4, -0.2) is 6.61 Å². The topological polar surface area (TPSA) is 9.23 Å². The molecule has 0 N–H and O–H groups in total. The molecule has 1 heteroatoms. The Morgan fingerprint density at radius 3 is 1.89 bits per heavy atom. The molecule has 0 heterocycles. The fourth-order valence-electron chi connectivity index (χ4n) is 3.84. The van der Waals surface area contributed by atoms with Crippen molar-refractivity contribution in [1.29, 1.82) is 0 Å². The summed E-state index contributed by atoms with van der Waals surface area (Å²) in [5.41, 5.74) is 3.48. The molecule has 0 saturated heterocycles. The molecule has 0 unspecified atom stereocenters. The lowest BCUT2D eigenvalue weighted by Gasteiger charge is -2.27. The van der Waals surface area contributed by atoms with Crippen LogP contribution in [0.15, 0.2) is 48.5 Å². The van der Waals surface area contributed by atoms with Gasteiger partial charge < -0.3 is 4.74 Å². The summed E-state index contributed by atoms with van der Waals surface area (Å²) in [6.07, 6.45) is 9.03. The zero-order valence-electron chi connectivity index (χ0n) is 16.8. The van der Waals surface area contributed by atoms with Crippen LogP contribution in [-0.2, 0) is 6.42 Å². The second kappa shape index (κ2) is 10.2. The van der Waals surface area contributed by atoms with Gasteiger partial charge in [-0.2, -0.15) is 0 Å². The van der Waals surface area contributed by atoms with Crippen LogP contribution in [0.25, 0.3) is 0 Å². The first-order chi connectivity index (χ1) is 13.3. The van der Waals surface area contributed by atoms with E-state index in [4.69, 9.17) is 4.74 Å². The quantitative estimate of drug-likeness (QED) is 0.525. The molecule has 0 bridgehead atoms. The molecule has 142 valence electrons. The summed E-state index contributed by atoms with van der Waals surface area (Å²) in [5, 5.41) is 0. The van der Waals surface area contributed by atoms with E-state index in [1.165, 1.54) is 44.1 Å². The highest BCUT2D eigenvalue weighted by Gasteiger charge is 2.20. The largest absolute Gasteiger partial charge is 0.493 e. The lowest BCUT2D eigenvalue weighted by molar-refractivity contribution is 0.181. The Kier molecular flexibility index (Phi) is 7.40. The molecule has 0 aliphatic heterocycles. The van der Waals surface area contributed by atoms with Crippen molar-refractivity contribution >= 4 is 0 Å². The second-order valence-electron chi connectivity index (χ2n) is 7.83. The first-order valence-corrected chi connectivity index (χ1v) is 10.6. The molecule has 0 radical (unpaired) electrons. The van der Waals surface area contributed by atoms with E-state index in [1.54, 1.807) is 0 Å². The third kappa shape index (κ3) is 6.17. The van der Waals surface area contributed by atoms with E-state index >= 15 is 0 Å². The molecule has 1 aliphatic rings. The molecule has 1 fully saturated rings. The Morgan fingerprint density at radius 1 is 0.778 bits per heavy atom. The van der Waals surface area contributed by atoms with Gasteiger partial charge in [-0.25, -0.2) is 0 Å². The van der Waals surface area contributed by atoms with Gasteiger partial charge in [0.05, 0.1) is 6.61 Å². The summed E-state index contributed by atoms with van der Waals surface area (Å²) >= 11 is 0. The van der Waals surface area contributed by atoms with Crippen LogP contribution in [0.1, 0.15) is 69.1 Å². The monoisotopic (exact) mass is 360 g/mol. The standard InChI is InChI=1S/C26H32O/c1-3-5-22-8-10-23(11-9-22)12-13-24-16-18-26(19-17-24)27-20-25-14-6-21(4-2)7-15-25/h8-11,16-19,21,25H,3-7,14-15,20H2,1-2H3. The third-order valence-corrected chi connectivity index (χ3v) is 5.73. The number of aryl methyl sites for hydroxylation is 1. The minimum absolute atomic E-state index is 0.725. The van der Waals surface area contributed by atoms with Crippen LogP contribution < -0.4 is 4.74 Å². The Bertz CT molecular complexity index is 738. The van der Waals surface area contributed by atoms with Crippen molar-refractivity contribution in [2.24, 2.45) is 11.8 Å². The van der Waals surface area contributed by atoms with Crippen molar-refractivity contribution in [1.82, 2.24) is 0 Å². The lowest BCUT2D eigenvalue weighted by Crippen LogP contribution is -2.19. The molecular formula is C26H32O. The molecule has 0 amide bonds. The van der Waals surface area contributed by atoms with E-state index < -0.39 is 0 Å². The van der Waals surface area contributed by atoms with Crippen molar-refractivity contribution in [2.45, 2.75) is 58.8 Å². The molecule has 0 spiro atoms. The Hall–Kier alpha value is -2.20. The van der Waals surface area contributed by atoms with Crippen molar-refractivity contribution in [2.75, 3.05) is 6.61 Å². The maximum atomic E-state index is 6.02. The van der Waals surface area contributed by atoms with E-state index in [2.05, 4.69) is 62.1 Å². The minimum Gasteiger partial charge on any atom is -0.493 e. The summed E-state index contributed by atoms with van der Waals surface area (Å²) in [6.45, 7) is 5.37. The summed E-state index contributed by atoms with van der Waals surface area (Å²) < 4.78 is 6.02. The van der Waals surface area contributed by atoms with E-state index in [-0.39, 0.29) is 0 Å². The van der Waals surface area contributed by atoms with Gasteiger partial charge in [-0.1, -0.05) is 63.5 Å². The zero-order valence-corrected chi connectivity index (χ0v) is 16.8. The fraction of sp³-hybridized carbons (Fsp3) is 0.462. The van der Waals surface area contributed by atoms with E-state index in [1.807, 2.05) is 12.1 Å². The first kappa shape index (κ1) is 19.6. The predicted octanol–water partition coefficient (Wildman–Crippen LogP) is 6.63. The number of hydrogen-bond donors (Lipinski definition) is 0. The molecule has 27 heavy (non-hydrogen) atoms. The van der Waals surface area contributed by atoms with Gasteiger partial charge >= 0.3 is 0 Å². The Morgan fingerprint density at radius 2 is 1.33 bits per heavy atom. The van der Waals surface area contributed by atoms with Gasteiger partial charge in [0.15, 0.2) is 0 Å². The molecule has 1 aliphatic carbocycles. The van der Waals surface area contributed by atoms with Gasteiger partial charge in [0, 0.05) is 11.1 Å². The van der Waals surface area contributed by atoms with Crippen LogP contribution in [0.4, 0.5) is 0 Å². The average Bonchev–Trinajstić information content (AvgIpc) is 2.73. The van der Waals surface area contributed by atoms with Crippen LogP contribution in [0.3, 0.4) is 0 Å². The lowest BCUT2D eigenvalue weighted by atomic mass is 9.81. The van der Waals surface area contributed by atoms with Crippen LogP contribution in [0, 0.1) is 23.7 Å². The molecule has 2 aromatic carbocycles. The van der Waals surface area contributed by atoms with Crippen molar-refractivity contribution in [3.8, 4) is 17.6 Å². The number of hydrogen-bond acceptors (Lipinski definition) is 1. The summed E-state index contributed by atoms with van der Waals surface area (Å²) in [4.78, 5) is 0. The van der Waals surface area contributed by atoms with Gasteiger partial charge in [-0.3, -0.25) is 0 Å². The smallest absolute Gasteiger partial charge is 0.119 e. The Balaban J connectivity index is 1.49. The number of benzene rings is 2. The summed E-state index contributed by atoms with van der Waals surface area (Å²) in [6, 6.07) is 16.8. The summed E-state index contributed by atoms with van der Waals surface area (Å²) in [7, 11) is 0. The number of ether oxygens (including phenoxy) is 1. The molecule has 3 rings (SSSR count). The SMILES string of the molecule is CCCc1ccc(C#Cc2ccc(OCC3CCC(CC)CC3)cc2)cc1. The van der Waals surface area contributed by atoms with Gasteiger partial charge in [-0.05, 0) is 73.1 Å². The van der Waals surface area contributed by atoms with Crippen molar-refractivity contribution < 1.29 is 4.74 Å². The summed E-state index contributed by atoms with van der Waals surface area (Å²) in [5.74, 6) is 9.13. The van der Waals surface area contributed by atoms with Crippen LogP contribution in [0.2, 0.25) is 0 Å². The molecule has 1 saturated carbocycles.